The van der Waals surface area contributed by atoms with Gasteiger partial charge in [0.15, 0.2) is 0 Å². The topological polar surface area (TPSA) is 44.5 Å². The molecular weight excluding hydrogens is 318 g/mol. The van der Waals surface area contributed by atoms with Gasteiger partial charge in [-0.2, -0.15) is 0 Å². The predicted molar refractivity (Wildman–Crippen MR) is 85.1 cm³/mol. The van der Waals surface area contributed by atoms with Gasteiger partial charge in [-0.1, -0.05) is 47.1 Å². The van der Waals surface area contributed by atoms with Gasteiger partial charge in [0.25, 0.3) is 0 Å². The fourth-order valence-corrected chi connectivity index (χ4v) is 2.16. The Hall–Kier alpha value is -1.68. The lowest BCUT2D eigenvalue weighted by Gasteiger charge is -2.13. The number of anilines is 1. The second kappa shape index (κ2) is 7.20. The van der Waals surface area contributed by atoms with Gasteiger partial charge in [0.2, 0.25) is 0 Å². The third-order valence-electron chi connectivity index (χ3n) is 2.83. The number of hydrogen-bond acceptors (Lipinski definition) is 3. The third kappa shape index (κ3) is 3.67. The zero-order chi connectivity index (χ0) is 14.4. The first-order valence-corrected chi connectivity index (χ1v) is 7.39. The maximum Gasteiger partial charge on any atom is 0.146 e. The Bertz CT molecular complexity index is 572. The van der Waals surface area contributed by atoms with Gasteiger partial charge in [0.1, 0.15) is 23.8 Å². The Kier molecular flexibility index (Phi) is 5.30. The highest BCUT2D eigenvalue weighted by Crippen LogP contribution is 2.32. The molecule has 4 heteroatoms. The number of nitrogens with two attached hydrogens (primary N) is 1. The summed E-state index contributed by atoms with van der Waals surface area (Å²) in [7, 11) is 0. The number of para-hydroxylation sites is 1. The summed E-state index contributed by atoms with van der Waals surface area (Å²) in [6.45, 7) is 3.17. The van der Waals surface area contributed by atoms with Crippen LogP contribution in [0.3, 0.4) is 0 Å². The normalized spacial score (nSPS) is 10.3. The van der Waals surface area contributed by atoms with Crippen LogP contribution in [0.4, 0.5) is 5.69 Å². The maximum atomic E-state index is 6.06. The average Bonchev–Trinajstić information content (AvgIpc) is 2.46. The van der Waals surface area contributed by atoms with Crippen LogP contribution < -0.4 is 15.2 Å². The standard InChI is InChI=1S/C16H18BrNO2/c1-2-10-19-14-8-5-9-15(16(14)18)20-11-12-6-3-4-7-13(12)17/h3-9H,2,10-11,18H2,1H3. The number of nitrogen functional groups attached to an aromatic ring is 1. The molecule has 0 fully saturated rings. The van der Waals surface area contributed by atoms with E-state index in [0.717, 1.165) is 16.5 Å². The molecule has 0 spiro atoms. The summed E-state index contributed by atoms with van der Waals surface area (Å²) in [5, 5.41) is 0. The van der Waals surface area contributed by atoms with E-state index in [1.54, 1.807) is 0 Å². The molecule has 0 radical (unpaired) electrons. The van der Waals surface area contributed by atoms with Crippen molar-refractivity contribution >= 4 is 21.6 Å². The van der Waals surface area contributed by atoms with Crippen LogP contribution in [0.2, 0.25) is 0 Å². The first-order valence-electron chi connectivity index (χ1n) is 6.60. The highest BCUT2D eigenvalue weighted by Gasteiger charge is 2.08. The first kappa shape index (κ1) is 14.7. The molecule has 0 saturated heterocycles. The second-order valence-electron chi connectivity index (χ2n) is 4.40. The summed E-state index contributed by atoms with van der Waals surface area (Å²) in [5.41, 5.74) is 7.69. The highest BCUT2D eigenvalue weighted by atomic mass is 79.9. The summed E-state index contributed by atoms with van der Waals surface area (Å²) in [5.74, 6) is 1.32. The minimum absolute atomic E-state index is 0.461. The van der Waals surface area contributed by atoms with Crippen molar-refractivity contribution in [2.45, 2.75) is 20.0 Å². The SMILES string of the molecule is CCCOc1cccc(OCc2ccccc2Br)c1N. The quantitative estimate of drug-likeness (QED) is 0.795. The Balaban J connectivity index is 2.08. The van der Waals surface area contributed by atoms with Crippen molar-refractivity contribution in [2.75, 3.05) is 12.3 Å². The van der Waals surface area contributed by atoms with Crippen LogP contribution in [-0.4, -0.2) is 6.61 Å². The molecule has 0 aliphatic rings. The monoisotopic (exact) mass is 335 g/mol. The van der Waals surface area contributed by atoms with Gasteiger partial charge in [-0.25, -0.2) is 0 Å². The summed E-state index contributed by atoms with van der Waals surface area (Å²) in [6, 6.07) is 13.5. The number of rotatable bonds is 6. The van der Waals surface area contributed by atoms with E-state index in [4.69, 9.17) is 15.2 Å². The van der Waals surface area contributed by atoms with Crippen molar-refractivity contribution in [2.24, 2.45) is 0 Å². The zero-order valence-electron chi connectivity index (χ0n) is 11.4. The van der Waals surface area contributed by atoms with E-state index in [9.17, 15) is 0 Å². The molecule has 2 aromatic rings. The van der Waals surface area contributed by atoms with Gasteiger partial charge in [0, 0.05) is 10.0 Å². The Morgan fingerprint density at radius 2 is 1.70 bits per heavy atom. The molecule has 2 rings (SSSR count). The van der Waals surface area contributed by atoms with E-state index in [2.05, 4.69) is 22.9 Å². The number of ether oxygens (including phenoxy) is 2. The third-order valence-corrected chi connectivity index (χ3v) is 3.60. The number of benzene rings is 2. The lowest BCUT2D eigenvalue weighted by atomic mass is 10.2. The molecule has 106 valence electrons. The van der Waals surface area contributed by atoms with Crippen molar-refractivity contribution in [1.82, 2.24) is 0 Å². The van der Waals surface area contributed by atoms with Crippen LogP contribution in [0.5, 0.6) is 11.5 Å². The fourth-order valence-electron chi connectivity index (χ4n) is 1.76. The molecule has 0 aliphatic carbocycles. The first-order chi connectivity index (χ1) is 9.72. The summed E-state index contributed by atoms with van der Waals surface area (Å²) in [4.78, 5) is 0. The molecule has 2 N–H and O–H groups in total. The van der Waals surface area contributed by atoms with Crippen molar-refractivity contribution in [1.29, 1.82) is 0 Å². The molecule has 0 amide bonds. The van der Waals surface area contributed by atoms with Crippen LogP contribution in [0.15, 0.2) is 46.9 Å². The Morgan fingerprint density at radius 1 is 1.00 bits per heavy atom. The van der Waals surface area contributed by atoms with Gasteiger partial charge in [-0.05, 0) is 24.6 Å². The van der Waals surface area contributed by atoms with E-state index >= 15 is 0 Å². The molecule has 0 saturated carbocycles. The van der Waals surface area contributed by atoms with E-state index in [1.165, 1.54) is 0 Å². The van der Waals surface area contributed by atoms with Gasteiger partial charge < -0.3 is 15.2 Å². The molecule has 3 nitrogen and oxygen atoms in total. The van der Waals surface area contributed by atoms with E-state index in [1.807, 2.05) is 42.5 Å². The van der Waals surface area contributed by atoms with Crippen molar-refractivity contribution in [3.63, 3.8) is 0 Å². The maximum absolute atomic E-state index is 6.06. The lowest BCUT2D eigenvalue weighted by Crippen LogP contribution is -2.03. The van der Waals surface area contributed by atoms with E-state index < -0.39 is 0 Å². The molecule has 20 heavy (non-hydrogen) atoms. The van der Waals surface area contributed by atoms with E-state index in [0.29, 0.717) is 30.4 Å². The van der Waals surface area contributed by atoms with Gasteiger partial charge in [-0.15, -0.1) is 0 Å². The summed E-state index contributed by atoms with van der Waals surface area (Å²) < 4.78 is 12.4. The summed E-state index contributed by atoms with van der Waals surface area (Å²) in [6.07, 6.45) is 0.946. The van der Waals surface area contributed by atoms with Crippen LogP contribution in [0.25, 0.3) is 0 Å². The van der Waals surface area contributed by atoms with Gasteiger partial charge in [-0.3, -0.25) is 0 Å². The molecule has 0 atom stereocenters. The predicted octanol–water partition coefficient (Wildman–Crippen LogP) is 4.40. The molecule has 0 aromatic heterocycles. The van der Waals surface area contributed by atoms with Crippen molar-refractivity contribution in [3.8, 4) is 11.5 Å². The van der Waals surface area contributed by atoms with E-state index in [-0.39, 0.29) is 0 Å². The number of halogens is 1. The zero-order valence-corrected chi connectivity index (χ0v) is 13.0. The number of hydrogen-bond donors (Lipinski definition) is 1. The fraction of sp³-hybridized carbons (Fsp3) is 0.250. The van der Waals surface area contributed by atoms with Gasteiger partial charge in [0.05, 0.1) is 6.61 Å². The van der Waals surface area contributed by atoms with Crippen LogP contribution in [0, 0.1) is 0 Å². The van der Waals surface area contributed by atoms with Crippen LogP contribution in [0.1, 0.15) is 18.9 Å². The second-order valence-corrected chi connectivity index (χ2v) is 5.25. The molecule has 0 aliphatic heterocycles. The molecular formula is C16H18BrNO2. The largest absolute Gasteiger partial charge is 0.491 e. The minimum atomic E-state index is 0.461. The molecule has 0 bridgehead atoms. The Morgan fingerprint density at radius 3 is 2.40 bits per heavy atom. The summed E-state index contributed by atoms with van der Waals surface area (Å²) >= 11 is 3.50. The van der Waals surface area contributed by atoms with Crippen LogP contribution in [-0.2, 0) is 6.61 Å². The van der Waals surface area contributed by atoms with Crippen LogP contribution >= 0.6 is 15.9 Å². The smallest absolute Gasteiger partial charge is 0.146 e. The lowest BCUT2D eigenvalue weighted by molar-refractivity contribution is 0.297. The van der Waals surface area contributed by atoms with Crippen molar-refractivity contribution in [3.05, 3.63) is 52.5 Å². The molecule has 2 aromatic carbocycles. The average molecular weight is 336 g/mol. The van der Waals surface area contributed by atoms with Crippen molar-refractivity contribution < 1.29 is 9.47 Å². The molecule has 0 unspecified atom stereocenters. The molecule has 0 heterocycles. The Labute approximate surface area is 127 Å². The van der Waals surface area contributed by atoms with Gasteiger partial charge >= 0.3 is 0 Å². The minimum Gasteiger partial charge on any atom is -0.491 e. The highest BCUT2D eigenvalue weighted by molar-refractivity contribution is 9.10.